The van der Waals surface area contributed by atoms with Gasteiger partial charge >= 0.3 is 0 Å². The van der Waals surface area contributed by atoms with Gasteiger partial charge in [0.2, 0.25) is 11.8 Å². The lowest BCUT2D eigenvalue weighted by Gasteiger charge is -2.32. The number of phenolic OH excluding ortho intramolecular Hbond substituents is 1. The number of rotatable bonds is 4. The molecule has 156 valence electrons. The molecule has 0 spiro atoms. The number of likely N-dealkylation sites (tertiary alicyclic amines) is 1. The number of benzene rings is 2. The Labute approximate surface area is 176 Å². The topological polar surface area (TPSA) is 72.9 Å². The highest BCUT2D eigenvalue weighted by Crippen LogP contribution is 2.43. The van der Waals surface area contributed by atoms with Gasteiger partial charge in [0.1, 0.15) is 11.8 Å². The van der Waals surface area contributed by atoms with E-state index in [4.69, 9.17) is 0 Å². The predicted molar refractivity (Wildman–Crippen MR) is 112 cm³/mol. The van der Waals surface area contributed by atoms with Crippen molar-refractivity contribution >= 4 is 11.8 Å². The smallest absolute Gasteiger partial charge is 0.249 e. The number of carbonyl (C=O) groups is 2. The molecule has 2 amide bonds. The Morgan fingerprint density at radius 3 is 2.30 bits per heavy atom. The zero-order valence-electron chi connectivity index (χ0n) is 16.9. The molecule has 2 aromatic carbocycles. The van der Waals surface area contributed by atoms with Crippen molar-refractivity contribution in [3.8, 4) is 5.75 Å². The van der Waals surface area contributed by atoms with Crippen LogP contribution in [0.2, 0.25) is 0 Å². The second-order valence-corrected chi connectivity index (χ2v) is 8.62. The summed E-state index contributed by atoms with van der Waals surface area (Å²) in [5.41, 5.74) is 5.44. The van der Waals surface area contributed by atoms with Crippen LogP contribution in [0, 0.1) is 5.92 Å². The molecule has 2 aromatic rings. The number of aromatic hydroxyl groups is 1. The number of imide groups is 1. The molecule has 0 unspecified atom stereocenters. The Bertz CT molecular complexity index is 924. The Kier molecular flexibility index (Phi) is 5.05. The van der Waals surface area contributed by atoms with E-state index in [1.54, 1.807) is 17.0 Å². The number of fused-ring (bicyclic) bond motifs is 1. The third-order valence-corrected chi connectivity index (χ3v) is 6.74. The van der Waals surface area contributed by atoms with E-state index in [1.807, 2.05) is 47.5 Å². The lowest BCUT2D eigenvalue weighted by atomic mass is 9.90. The first-order valence-electron chi connectivity index (χ1n) is 10.9. The molecule has 3 fully saturated rings. The number of nitrogens with zero attached hydrogens (tertiary/aromatic N) is 2. The predicted octanol–water partition coefficient (Wildman–Crippen LogP) is 3.14. The van der Waals surface area contributed by atoms with Crippen molar-refractivity contribution < 1.29 is 14.7 Å². The van der Waals surface area contributed by atoms with Crippen LogP contribution in [0.4, 0.5) is 0 Å². The highest BCUT2D eigenvalue weighted by Gasteiger charge is 2.59. The SMILES string of the molecule is O=C1[C@@H]2[C@@H](c3ccc(O)cc3)NN(Cc3ccccc3)[C@@H]2C(=O)N1C1CCCCC1. The summed E-state index contributed by atoms with van der Waals surface area (Å²) in [5.74, 6) is -0.389. The highest BCUT2D eigenvalue weighted by molar-refractivity contribution is 6.08. The fraction of sp³-hybridized carbons (Fsp3) is 0.417. The molecule has 0 radical (unpaired) electrons. The lowest BCUT2D eigenvalue weighted by Crippen LogP contribution is -2.48. The van der Waals surface area contributed by atoms with Crippen LogP contribution < -0.4 is 5.43 Å². The lowest BCUT2D eigenvalue weighted by molar-refractivity contribution is -0.145. The number of hydrazine groups is 1. The summed E-state index contributed by atoms with van der Waals surface area (Å²) < 4.78 is 0. The largest absolute Gasteiger partial charge is 0.508 e. The van der Waals surface area contributed by atoms with Crippen molar-refractivity contribution in [2.45, 2.75) is 56.8 Å². The molecule has 1 aliphatic carbocycles. The molecule has 6 nitrogen and oxygen atoms in total. The Morgan fingerprint density at radius 1 is 0.900 bits per heavy atom. The second-order valence-electron chi connectivity index (χ2n) is 8.62. The Morgan fingerprint density at radius 2 is 1.60 bits per heavy atom. The van der Waals surface area contributed by atoms with Crippen LogP contribution in [0.3, 0.4) is 0 Å². The first-order valence-corrected chi connectivity index (χ1v) is 10.9. The molecular formula is C24H27N3O3. The van der Waals surface area contributed by atoms with Gasteiger partial charge in [0, 0.05) is 12.6 Å². The van der Waals surface area contributed by atoms with Gasteiger partial charge < -0.3 is 5.11 Å². The molecule has 2 heterocycles. The molecule has 0 bridgehead atoms. The summed E-state index contributed by atoms with van der Waals surface area (Å²) in [7, 11) is 0. The first kappa shape index (κ1) is 19.3. The van der Waals surface area contributed by atoms with Gasteiger partial charge in [-0.1, -0.05) is 61.7 Å². The van der Waals surface area contributed by atoms with Gasteiger partial charge in [-0.15, -0.1) is 0 Å². The van der Waals surface area contributed by atoms with E-state index in [-0.39, 0.29) is 29.6 Å². The number of hydrogen-bond acceptors (Lipinski definition) is 5. The summed E-state index contributed by atoms with van der Waals surface area (Å²) in [4.78, 5) is 28.6. The van der Waals surface area contributed by atoms with Crippen molar-refractivity contribution in [1.82, 2.24) is 15.3 Å². The fourth-order valence-electron chi connectivity index (χ4n) is 5.28. The van der Waals surface area contributed by atoms with Gasteiger partial charge in [0.15, 0.2) is 0 Å². The molecule has 5 rings (SSSR count). The zero-order valence-corrected chi connectivity index (χ0v) is 16.9. The maximum Gasteiger partial charge on any atom is 0.249 e. The van der Waals surface area contributed by atoms with Crippen LogP contribution in [0.25, 0.3) is 0 Å². The van der Waals surface area contributed by atoms with Crippen LogP contribution in [0.15, 0.2) is 54.6 Å². The van der Waals surface area contributed by atoms with Crippen molar-refractivity contribution in [1.29, 1.82) is 0 Å². The number of phenols is 1. The summed E-state index contributed by atoms with van der Waals surface area (Å²) >= 11 is 0. The Hall–Kier alpha value is -2.70. The molecule has 2 N–H and O–H groups in total. The molecule has 0 aromatic heterocycles. The van der Waals surface area contributed by atoms with Crippen molar-refractivity contribution in [2.75, 3.05) is 0 Å². The molecule has 2 aliphatic heterocycles. The van der Waals surface area contributed by atoms with Crippen molar-refractivity contribution in [2.24, 2.45) is 5.92 Å². The average molecular weight is 405 g/mol. The standard InChI is InChI=1S/C24H27N3O3/c28-19-13-11-17(12-14-19)21-20-22(26(25-21)15-16-7-3-1-4-8-16)24(30)27(23(20)29)18-9-5-2-6-10-18/h1,3-4,7-8,11-14,18,20-22,25,28H,2,5-6,9-10,15H2/t20-,21-,22+/m1/s1. The summed E-state index contributed by atoms with van der Waals surface area (Å²) in [6.07, 6.45) is 5.14. The van der Waals surface area contributed by atoms with E-state index >= 15 is 0 Å². The monoisotopic (exact) mass is 405 g/mol. The third kappa shape index (κ3) is 3.30. The van der Waals surface area contributed by atoms with Gasteiger partial charge in [-0.25, -0.2) is 10.4 Å². The molecule has 3 atom stereocenters. The van der Waals surface area contributed by atoms with Crippen LogP contribution >= 0.6 is 0 Å². The number of carbonyl (C=O) groups excluding carboxylic acids is 2. The van der Waals surface area contributed by atoms with Gasteiger partial charge in [-0.2, -0.15) is 0 Å². The minimum Gasteiger partial charge on any atom is -0.508 e. The average Bonchev–Trinajstić information content (AvgIpc) is 3.26. The Balaban J connectivity index is 1.49. The quantitative estimate of drug-likeness (QED) is 0.765. The molecule has 30 heavy (non-hydrogen) atoms. The minimum absolute atomic E-state index is 0.0309. The van der Waals surface area contributed by atoms with Crippen LogP contribution in [0.5, 0.6) is 5.75 Å². The van der Waals surface area contributed by atoms with Gasteiger partial charge in [-0.05, 0) is 36.1 Å². The maximum absolute atomic E-state index is 13.5. The summed E-state index contributed by atoms with van der Waals surface area (Å²) in [6.45, 7) is 0.550. The molecule has 1 saturated carbocycles. The summed E-state index contributed by atoms with van der Waals surface area (Å²) in [5, 5.41) is 11.6. The van der Waals surface area contributed by atoms with Crippen LogP contribution in [-0.4, -0.2) is 38.9 Å². The fourth-order valence-corrected chi connectivity index (χ4v) is 5.28. The molecule has 2 saturated heterocycles. The summed E-state index contributed by atoms with van der Waals surface area (Å²) in [6, 6.07) is 16.2. The van der Waals surface area contributed by atoms with E-state index in [1.165, 1.54) is 6.42 Å². The number of nitrogens with one attached hydrogen (secondary N) is 1. The zero-order chi connectivity index (χ0) is 20.7. The van der Waals surface area contributed by atoms with Crippen LogP contribution in [-0.2, 0) is 16.1 Å². The van der Waals surface area contributed by atoms with E-state index in [0.29, 0.717) is 6.54 Å². The number of hydrogen-bond donors (Lipinski definition) is 2. The van der Waals surface area contributed by atoms with Gasteiger partial charge in [0.05, 0.1) is 12.0 Å². The molecule has 6 heteroatoms. The van der Waals surface area contributed by atoms with Gasteiger partial charge in [0.25, 0.3) is 0 Å². The number of amides is 2. The first-order chi connectivity index (χ1) is 14.6. The van der Waals surface area contributed by atoms with Crippen molar-refractivity contribution in [3.05, 3.63) is 65.7 Å². The van der Waals surface area contributed by atoms with Gasteiger partial charge in [-0.3, -0.25) is 14.5 Å². The van der Waals surface area contributed by atoms with E-state index < -0.39 is 12.0 Å². The highest BCUT2D eigenvalue weighted by atomic mass is 16.3. The van der Waals surface area contributed by atoms with Crippen LogP contribution in [0.1, 0.15) is 49.3 Å². The maximum atomic E-state index is 13.5. The minimum atomic E-state index is -0.501. The molecule has 3 aliphatic rings. The van der Waals surface area contributed by atoms with Crippen molar-refractivity contribution in [3.63, 3.8) is 0 Å². The second kappa shape index (κ2) is 7.85. The third-order valence-electron chi connectivity index (χ3n) is 6.74. The van der Waals surface area contributed by atoms with E-state index in [2.05, 4.69) is 5.43 Å². The van der Waals surface area contributed by atoms with E-state index in [0.717, 1.165) is 36.8 Å². The normalized spacial score (nSPS) is 27.6. The van der Waals surface area contributed by atoms with E-state index in [9.17, 15) is 14.7 Å². The molecular weight excluding hydrogens is 378 g/mol.